The van der Waals surface area contributed by atoms with Gasteiger partial charge in [-0.25, -0.2) is 4.98 Å². The number of aromatic nitrogens is 1. The molecule has 1 saturated heterocycles. The summed E-state index contributed by atoms with van der Waals surface area (Å²) in [5.74, 6) is 1.09. The molecule has 2 atom stereocenters. The molecule has 3 heterocycles. The Bertz CT molecular complexity index is 407. The third-order valence-corrected chi connectivity index (χ3v) is 3.56. The van der Waals surface area contributed by atoms with Gasteiger partial charge >= 0.3 is 0 Å². The second-order valence-electron chi connectivity index (χ2n) is 4.72. The van der Waals surface area contributed by atoms with Gasteiger partial charge in [-0.05, 0) is 25.0 Å². The van der Waals surface area contributed by atoms with Crippen molar-refractivity contribution in [1.82, 2.24) is 10.3 Å². The van der Waals surface area contributed by atoms with Crippen LogP contribution in [0.25, 0.3) is 0 Å². The molecule has 0 radical (unpaired) electrons. The molecular weight excluding hydrogens is 202 g/mol. The smallest absolute Gasteiger partial charge is 0.132 e. The summed E-state index contributed by atoms with van der Waals surface area (Å²) < 4.78 is 0. The minimum atomic E-state index is 0.0262. The van der Waals surface area contributed by atoms with Crippen molar-refractivity contribution >= 4 is 5.82 Å². The molecule has 4 nitrogen and oxygen atoms in total. The van der Waals surface area contributed by atoms with E-state index >= 15 is 0 Å². The van der Waals surface area contributed by atoms with E-state index in [1.54, 1.807) is 0 Å². The van der Waals surface area contributed by atoms with E-state index < -0.39 is 0 Å². The number of nitrogens with zero attached hydrogens (tertiary/aromatic N) is 2. The highest BCUT2D eigenvalue weighted by atomic mass is 16.3. The van der Waals surface area contributed by atoms with Gasteiger partial charge in [-0.2, -0.15) is 0 Å². The molecule has 0 aromatic carbocycles. The van der Waals surface area contributed by atoms with Gasteiger partial charge in [0.2, 0.25) is 0 Å². The van der Waals surface area contributed by atoms with Crippen molar-refractivity contribution in [1.29, 1.82) is 0 Å². The molecule has 4 heteroatoms. The fourth-order valence-corrected chi connectivity index (χ4v) is 2.81. The predicted octanol–water partition coefficient (Wildman–Crippen LogP) is 0.297. The fraction of sp³-hybridized carbons (Fsp3) is 0.583. The normalized spacial score (nSPS) is 27.8. The van der Waals surface area contributed by atoms with Crippen LogP contribution in [0.1, 0.15) is 18.2 Å². The average Bonchev–Trinajstić information content (AvgIpc) is 2.67. The molecule has 0 aliphatic carbocycles. The zero-order valence-electron chi connectivity index (χ0n) is 9.48. The molecule has 0 unspecified atom stereocenters. The largest absolute Gasteiger partial charge is 0.390 e. The van der Waals surface area contributed by atoms with E-state index in [0.29, 0.717) is 12.1 Å². The van der Waals surface area contributed by atoms with Gasteiger partial charge in [-0.1, -0.05) is 6.07 Å². The number of hydrogen-bond acceptors (Lipinski definition) is 4. The number of piperazine rings is 1. The van der Waals surface area contributed by atoms with Gasteiger partial charge in [0, 0.05) is 25.2 Å². The van der Waals surface area contributed by atoms with Crippen LogP contribution in [0.3, 0.4) is 0 Å². The van der Waals surface area contributed by atoms with Crippen molar-refractivity contribution in [3.05, 3.63) is 23.4 Å². The average molecular weight is 219 g/mol. The number of nitrogens with one attached hydrogen (secondary N) is 1. The molecule has 2 aliphatic heterocycles. The SMILES string of the molecule is C[C@H]1CNC[C@H]2Cc3ccc(CO)nc3N21. The summed E-state index contributed by atoms with van der Waals surface area (Å²) in [5, 5.41) is 12.6. The Hall–Kier alpha value is -1.13. The van der Waals surface area contributed by atoms with Crippen molar-refractivity contribution in [2.75, 3.05) is 18.0 Å². The first-order chi connectivity index (χ1) is 7.79. The van der Waals surface area contributed by atoms with Crippen LogP contribution in [0, 0.1) is 0 Å². The van der Waals surface area contributed by atoms with Crippen LogP contribution < -0.4 is 10.2 Å². The maximum atomic E-state index is 9.14. The molecule has 2 aliphatic rings. The maximum absolute atomic E-state index is 9.14. The van der Waals surface area contributed by atoms with Crippen LogP contribution >= 0.6 is 0 Å². The summed E-state index contributed by atoms with van der Waals surface area (Å²) in [4.78, 5) is 6.96. The molecule has 86 valence electrons. The van der Waals surface area contributed by atoms with Gasteiger partial charge in [-0.3, -0.25) is 0 Å². The zero-order valence-corrected chi connectivity index (χ0v) is 9.48. The first-order valence-electron chi connectivity index (χ1n) is 5.88. The van der Waals surface area contributed by atoms with Crippen LogP contribution in [-0.4, -0.2) is 35.3 Å². The maximum Gasteiger partial charge on any atom is 0.132 e. The monoisotopic (exact) mass is 219 g/mol. The predicted molar refractivity (Wildman–Crippen MR) is 62.5 cm³/mol. The van der Waals surface area contributed by atoms with Crippen molar-refractivity contribution in [2.45, 2.75) is 32.0 Å². The van der Waals surface area contributed by atoms with Gasteiger partial charge in [0.1, 0.15) is 5.82 Å². The molecular formula is C12H17N3O. The number of rotatable bonds is 1. The van der Waals surface area contributed by atoms with Gasteiger partial charge < -0.3 is 15.3 Å². The summed E-state index contributed by atoms with van der Waals surface area (Å²) in [6.07, 6.45) is 1.07. The van der Waals surface area contributed by atoms with E-state index in [-0.39, 0.29) is 6.61 Å². The Morgan fingerprint density at radius 2 is 2.38 bits per heavy atom. The summed E-state index contributed by atoms with van der Waals surface area (Å²) in [5.41, 5.74) is 2.09. The van der Waals surface area contributed by atoms with E-state index in [9.17, 15) is 0 Å². The standard InChI is InChI=1S/C12H17N3O/c1-8-5-13-6-11-4-9-2-3-10(7-16)14-12(9)15(8)11/h2-3,8,11,13,16H,4-7H2,1H3/t8-,11+/m0/s1. The number of anilines is 1. The molecule has 0 bridgehead atoms. The molecule has 1 aromatic rings. The number of aliphatic hydroxyl groups is 1. The van der Waals surface area contributed by atoms with Gasteiger partial charge in [0.15, 0.2) is 0 Å². The van der Waals surface area contributed by atoms with E-state index in [2.05, 4.69) is 28.2 Å². The molecule has 0 spiro atoms. The van der Waals surface area contributed by atoms with Crippen molar-refractivity contribution in [3.8, 4) is 0 Å². The molecule has 3 rings (SSSR count). The van der Waals surface area contributed by atoms with E-state index in [1.165, 1.54) is 5.56 Å². The zero-order chi connectivity index (χ0) is 11.1. The van der Waals surface area contributed by atoms with Crippen molar-refractivity contribution < 1.29 is 5.11 Å². The number of pyridine rings is 1. The van der Waals surface area contributed by atoms with Crippen LogP contribution in [-0.2, 0) is 13.0 Å². The highest BCUT2D eigenvalue weighted by Gasteiger charge is 2.36. The lowest BCUT2D eigenvalue weighted by molar-refractivity contribution is 0.277. The number of aliphatic hydroxyl groups excluding tert-OH is 1. The van der Waals surface area contributed by atoms with Gasteiger partial charge in [0.05, 0.1) is 12.3 Å². The van der Waals surface area contributed by atoms with E-state index in [1.807, 2.05) is 6.07 Å². The summed E-state index contributed by atoms with van der Waals surface area (Å²) in [7, 11) is 0. The number of fused-ring (bicyclic) bond motifs is 3. The second-order valence-corrected chi connectivity index (χ2v) is 4.72. The Morgan fingerprint density at radius 3 is 3.19 bits per heavy atom. The Kier molecular flexibility index (Phi) is 2.33. The van der Waals surface area contributed by atoms with Crippen LogP contribution in [0.2, 0.25) is 0 Å². The van der Waals surface area contributed by atoms with Crippen molar-refractivity contribution in [3.63, 3.8) is 0 Å². The lowest BCUT2D eigenvalue weighted by Crippen LogP contribution is -2.55. The van der Waals surface area contributed by atoms with Gasteiger partial charge in [-0.15, -0.1) is 0 Å². The highest BCUT2D eigenvalue weighted by molar-refractivity contribution is 5.56. The first kappa shape index (κ1) is 10.1. The fourth-order valence-electron chi connectivity index (χ4n) is 2.81. The Morgan fingerprint density at radius 1 is 1.50 bits per heavy atom. The lowest BCUT2D eigenvalue weighted by Gasteiger charge is -2.37. The Balaban J connectivity index is 2.01. The molecule has 2 N–H and O–H groups in total. The van der Waals surface area contributed by atoms with Crippen LogP contribution in [0.5, 0.6) is 0 Å². The highest BCUT2D eigenvalue weighted by Crippen LogP contribution is 2.33. The molecule has 1 aromatic heterocycles. The molecule has 0 saturated carbocycles. The molecule has 0 amide bonds. The third kappa shape index (κ3) is 1.41. The third-order valence-electron chi connectivity index (χ3n) is 3.56. The van der Waals surface area contributed by atoms with E-state index in [4.69, 9.17) is 5.11 Å². The van der Waals surface area contributed by atoms with Crippen molar-refractivity contribution in [2.24, 2.45) is 0 Å². The lowest BCUT2D eigenvalue weighted by atomic mass is 10.1. The quantitative estimate of drug-likeness (QED) is 0.713. The minimum Gasteiger partial charge on any atom is -0.390 e. The molecule has 16 heavy (non-hydrogen) atoms. The van der Waals surface area contributed by atoms with Gasteiger partial charge in [0.25, 0.3) is 0 Å². The summed E-state index contributed by atoms with van der Waals surface area (Å²) >= 11 is 0. The van der Waals surface area contributed by atoms with Crippen LogP contribution in [0.4, 0.5) is 5.82 Å². The van der Waals surface area contributed by atoms with E-state index in [0.717, 1.165) is 31.0 Å². The number of hydrogen-bond donors (Lipinski definition) is 2. The Labute approximate surface area is 95.3 Å². The topological polar surface area (TPSA) is 48.4 Å². The second kappa shape index (κ2) is 3.71. The minimum absolute atomic E-state index is 0.0262. The van der Waals surface area contributed by atoms with Crippen LogP contribution in [0.15, 0.2) is 12.1 Å². The summed E-state index contributed by atoms with van der Waals surface area (Å²) in [6, 6.07) is 5.07. The first-order valence-corrected chi connectivity index (χ1v) is 5.88. The summed E-state index contributed by atoms with van der Waals surface area (Å²) in [6.45, 7) is 4.30. The molecule has 1 fully saturated rings.